The fourth-order valence-corrected chi connectivity index (χ4v) is 5.58. The topological polar surface area (TPSA) is 103 Å². The zero-order chi connectivity index (χ0) is 24.3. The molecule has 1 saturated heterocycles. The van der Waals surface area contributed by atoms with Gasteiger partial charge in [0.2, 0.25) is 10.0 Å². The van der Waals surface area contributed by atoms with Crippen LogP contribution < -0.4 is 10.1 Å². The van der Waals surface area contributed by atoms with Crippen LogP contribution in [0.2, 0.25) is 0 Å². The predicted octanol–water partition coefficient (Wildman–Crippen LogP) is 3.16. The average molecular weight is 485 g/mol. The minimum Gasteiger partial charge on any atom is -0.492 e. The van der Waals surface area contributed by atoms with Crippen molar-refractivity contribution < 1.29 is 22.7 Å². The number of nitrogens with zero attached hydrogens (tertiary/aromatic N) is 3. The molecule has 1 aliphatic heterocycles. The van der Waals surface area contributed by atoms with Crippen molar-refractivity contribution in [3.8, 4) is 11.6 Å². The number of carbonyl (C=O) groups excluding carboxylic acids is 1. The van der Waals surface area contributed by atoms with Crippen LogP contribution in [0.25, 0.3) is 5.82 Å². The number of aromatic nitrogens is 2. The highest BCUT2D eigenvalue weighted by Gasteiger charge is 2.30. The summed E-state index contributed by atoms with van der Waals surface area (Å²) in [4.78, 5) is 17.5. The Morgan fingerprint density at radius 3 is 2.59 bits per heavy atom. The summed E-state index contributed by atoms with van der Waals surface area (Å²) in [6.07, 6.45) is 1.70. The maximum Gasteiger partial charge on any atom is 0.257 e. The first-order valence-corrected chi connectivity index (χ1v) is 12.5. The Bertz CT molecular complexity index is 1280. The molecule has 3 aromatic rings. The second-order valence-electron chi connectivity index (χ2n) is 7.87. The molecule has 9 nitrogen and oxygen atoms in total. The third-order valence-corrected chi connectivity index (χ3v) is 7.56. The van der Waals surface area contributed by atoms with Gasteiger partial charge in [0.25, 0.3) is 5.91 Å². The molecule has 180 valence electrons. The minimum atomic E-state index is -3.82. The summed E-state index contributed by atoms with van der Waals surface area (Å²) >= 11 is 0. The van der Waals surface area contributed by atoms with Crippen LogP contribution in [0.15, 0.2) is 53.6 Å². The number of ether oxygens (including phenoxy) is 2. The lowest BCUT2D eigenvalue weighted by Gasteiger charge is -2.27. The van der Waals surface area contributed by atoms with Crippen LogP contribution in [0, 0.1) is 13.8 Å². The van der Waals surface area contributed by atoms with E-state index in [1.165, 1.54) is 10.4 Å². The lowest BCUT2D eigenvalue weighted by molar-refractivity contribution is 0.0729. The zero-order valence-electron chi connectivity index (χ0n) is 19.4. The predicted molar refractivity (Wildman–Crippen MR) is 128 cm³/mol. The van der Waals surface area contributed by atoms with E-state index < -0.39 is 10.0 Å². The molecule has 1 N–H and O–H groups in total. The van der Waals surface area contributed by atoms with Gasteiger partial charge in [-0.3, -0.25) is 4.79 Å². The Morgan fingerprint density at radius 2 is 1.91 bits per heavy atom. The van der Waals surface area contributed by atoms with Gasteiger partial charge in [-0.25, -0.2) is 13.4 Å². The number of anilines is 1. The van der Waals surface area contributed by atoms with Gasteiger partial charge in [-0.1, -0.05) is 6.07 Å². The molecule has 10 heteroatoms. The molecule has 0 spiro atoms. The molecule has 0 unspecified atom stereocenters. The molecule has 3 heterocycles. The highest BCUT2D eigenvalue weighted by Crippen LogP contribution is 2.31. The molecule has 1 amide bonds. The van der Waals surface area contributed by atoms with Gasteiger partial charge in [0, 0.05) is 36.4 Å². The van der Waals surface area contributed by atoms with E-state index in [1.54, 1.807) is 31.3 Å². The smallest absolute Gasteiger partial charge is 0.257 e. The first-order valence-electron chi connectivity index (χ1n) is 11.1. The van der Waals surface area contributed by atoms with Crippen LogP contribution in [0.4, 0.5) is 5.69 Å². The van der Waals surface area contributed by atoms with E-state index in [-0.39, 0.29) is 29.6 Å². The SMILES string of the molecule is CCOc1ccc(NC(=O)c2cc(C)n(-c3ccccn3)c2C)cc1S(=O)(=O)N1CCOCC1. The lowest BCUT2D eigenvalue weighted by Crippen LogP contribution is -2.40. The zero-order valence-corrected chi connectivity index (χ0v) is 20.3. The first kappa shape index (κ1) is 23.9. The number of nitrogens with one attached hydrogen (secondary N) is 1. The molecule has 1 fully saturated rings. The molecule has 0 saturated carbocycles. The van der Waals surface area contributed by atoms with E-state index in [0.717, 1.165) is 17.2 Å². The van der Waals surface area contributed by atoms with Crippen LogP contribution in [-0.4, -0.2) is 61.1 Å². The van der Waals surface area contributed by atoms with Crippen LogP contribution in [0.5, 0.6) is 5.75 Å². The molecule has 1 aliphatic rings. The number of pyridine rings is 1. The van der Waals surface area contributed by atoms with E-state index in [0.29, 0.717) is 31.1 Å². The van der Waals surface area contributed by atoms with Crippen LogP contribution in [0.3, 0.4) is 0 Å². The summed E-state index contributed by atoms with van der Waals surface area (Å²) in [7, 11) is -3.82. The summed E-state index contributed by atoms with van der Waals surface area (Å²) < 4.78 is 40.8. The van der Waals surface area contributed by atoms with Crippen LogP contribution in [-0.2, 0) is 14.8 Å². The lowest BCUT2D eigenvalue weighted by atomic mass is 10.2. The van der Waals surface area contributed by atoms with E-state index in [4.69, 9.17) is 9.47 Å². The molecule has 1 aromatic carbocycles. The Balaban J connectivity index is 1.65. The summed E-state index contributed by atoms with van der Waals surface area (Å²) in [6.45, 7) is 7.07. The largest absolute Gasteiger partial charge is 0.492 e. The number of hydrogen-bond acceptors (Lipinski definition) is 6. The van der Waals surface area contributed by atoms with Crippen molar-refractivity contribution in [3.63, 3.8) is 0 Å². The Kier molecular flexibility index (Phi) is 7.01. The summed E-state index contributed by atoms with van der Waals surface area (Å²) in [5.41, 5.74) is 2.45. The monoisotopic (exact) mass is 484 g/mol. The molecule has 0 atom stereocenters. The molecule has 0 radical (unpaired) electrons. The normalized spacial score (nSPS) is 14.7. The number of hydrogen-bond donors (Lipinski definition) is 1. The quantitative estimate of drug-likeness (QED) is 0.553. The van der Waals surface area contributed by atoms with Gasteiger partial charge < -0.3 is 19.4 Å². The third kappa shape index (κ3) is 4.70. The van der Waals surface area contributed by atoms with Crippen molar-refractivity contribution in [2.24, 2.45) is 0 Å². The molecule has 0 aliphatic carbocycles. The number of rotatable bonds is 7. The standard InChI is InChI=1S/C24H28N4O5S/c1-4-33-21-9-8-19(16-22(21)34(30,31)27-11-13-32-14-12-27)26-24(29)20-15-17(2)28(18(20)3)23-7-5-6-10-25-23/h5-10,15-16H,4,11-14H2,1-3H3,(H,26,29). The van der Waals surface area contributed by atoms with Gasteiger partial charge in [0.15, 0.2) is 0 Å². The number of benzene rings is 1. The molecular weight excluding hydrogens is 456 g/mol. The Hall–Kier alpha value is -3.21. The minimum absolute atomic E-state index is 0.0213. The number of carbonyl (C=O) groups is 1. The molecule has 4 rings (SSSR count). The van der Waals surface area contributed by atoms with Gasteiger partial charge in [-0.2, -0.15) is 4.31 Å². The highest BCUT2D eigenvalue weighted by molar-refractivity contribution is 7.89. The van der Waals surface area contributed by atoms with Crippen molar-refractivity contribution in [2.45, 2.75) is 25.7 Å². The third-order valence-electron chi connectivity index (χ3n) is 5.64. The van der Waals surface area contributed by atoms with E-state index in [1.807, 2.05) is 36.6 Å². The van der Waals surface area contributed by atoms with Crippen molar-refractivity contribution in [1.29, 1.82) is 0 Å². The first-order chi connectivity index (χ1) is 16.3. The van der Waals surface area contributed by atoms with Crippen molar-refractivity contribution in [3.05, 3.63) is 65.6 Å². The van der Waals surface area contributed by atoms with Crippen molar-refractivity contribution in [1.82, 2.24) is 13.9 Å². The van der Waals surface area contributed by atoms with Gasteiger partial charge in [0.05, 0.1) is 25.4 Å². The molecule has 34 heavy (non-hydrogen) atoms. The number of sulfonamides is 1. The molecule has 2 aromatic heterocycles. The molecule has 0 bridgehead atoms. The average Bonchev–Trinajstić information content (AvgIpc) is 3.15. The van der Waals surface area contributed by atoms with Crippen LogP contribution in [0.1, 0.15) is 28.7 Å². The summed E-state index contributed by atoms with van der Waals surface area (Å²) in [6, 6.07) is 12.0. The van der Waals surface area contributed by atoms with Gasteiger partial charge in [-0.15, -0.1) is 0 Å². The second-order valence-corrected chi connectivity index (χ2v) is 9.78. The Morgan fingerprint density at radius 1 is 1.15 bits per heavy atom. The van der Waals surface area contributed by atoms with Gasteiger partial charge in [-0.05, 0) is 57.2 Å². The van der Waals surface area contributed by atoms with E-state index in [2.05, 4.69) is 10.3 Å². The number of amides is 1. The fraction of sp³-hybridized carbons (Fsp3) is 0.333. The van der Waals surface area contributed by atoms with Crippen molar-refractivity contribution in [2.75, 3.05) is 38.2 Å². The maximum atomic E-state index is 13.3. The van der Waals surface area contributed by atoms with E-state index in [9.17, 15) is 13.2 Å². The second kappa shape index (κ2) is 9.96. The molecular formula is C24H28N4O5S. The van der Waals surface area contributed by atoms with Crippen molar-refractivity contribution >= 4 is 21.6 Å². The van der Waals surface area contributed by atoms with Gasteiger partial charge in [0.1, 0.15) is 16.5 Å². The number of aryl methyl sites for hydroxylation is 1. The van der Waals surface area contributed by atoms with E-state index >= 15 is 0 Å². The van der Waals surface area contributed by atoms with Gasteiger partial charge >= 0.3 is 0 Å². The summed E-state index contributed by atoms with van der Waals surface area (Å²) in [5.74, 6) is 0.631. The fourth-order valence-electron chi connectivity index (χ4n) is 4.02. The highest BCUT2D eigenvalue weighted by atomic mass is 32.2. The van der Waals surface area contributed by atoms with Crippen LogP contribution >= 0.6 is 0 Å². The number of morpholine rings is 1. The Labute approximate surface area is 199 Å². The summed E-state index contributed by atoms with van der Waals surface area (Å²) in [5, 5.41) is 2.84. The maximum absolute atomic E-state index is 13.3.